The van der Waals surface area contributed by atoms with Crippen molar-refractivity contribution in [3.63, 3.8) is 0 Å². The Balaban J connectivity index is 1.01. The Hall–Kier alpha value is -2.37. The molecule has 1 heterocycles. The molecule has 1 atom stereocenters. The molecule has 35 heavy (non-hydrogen) atoms. The smallest absolute Gasteiger partial charge is 0.308 e. The third-order valence-electron chi connectivity index (χ3n) is 9.08. The normalized spacial score (nSPS) is 30.7. The third-order valence-corrected chi connectivity index (χ3v) is 9.08. The van der Waals surface area contributed by atoms with Crippen LogP contribution in [0.1, 0.15) is 70.3 Å². The molecular weight excluding hydrogens is 440 g/mol. The molecule has 0 radical (unpaired) electrons. The molecule has 1 saturated heterocycles. The number of nitrogens with one attached hydrogen (secondary N) is 1. The minimum atomic E-state index is -0.785. The average Bonchev–Trinajstić information content (AvgIpc) is 2.84. The number of rotatable bonds is 8. The van der Waals surface area contributed by atoms with E-state index in [1.807, 2.05) is 11.0 Å². The number of nitrogens with zero attached hydrogens (tertiary/aromatic N) is 1. The maximum Gasteiger partial charge on any atom is 0.308 e. The Bertz CT molecular complexity index is 887. The molecule has 1 aromatic carbocycles. The number of piperidine rings is 1. The van der Waals surface area contributed by atoms with Crippen molar-refractivity contribution in [3.8, 4) is 0 Å². The molecule has 5 fully saturated rings. The van der Waals surface area contributed by atoms with Crippen molar-refractivity contribution in [2.24, 2.45) is 29.1 Å². The zero-order valence-electron chi connectivity index (χ0n) is 21.0. The Morgan fingerprint density at radius 3 is 2.20 bits per heavy atom. The zero-order valence-corrected chi connectivity index (χ0v) is 21.0. The first kappa shape index (κ1) is 24.3. The monoisotopic (exact) mass is 480 g/mol. The molecule has 6 heteroatoms. The van der Waals surface area contributed by atoms with E-state index in [1.165, 1.54) is 24.8 Å². The fourth-order valence-corrected chi connectivity index (χ4v) is 7.72. The van der Waals surface area contributed by atoms with Crippen LogP contribution in [0.15, 0.2) is 30.3 Å². The Kier molecular flexibility index (Phi) is 7.17. The van der Waals surface area contributed by atoms with Crippen LogP contribution in [0.25, 0.3) is 0 Å². The summed E-state index contributed by atoms with van der Waals surface area (Å²) in [6.45, 7) is 3.36. The minimum Gasteiger partial charge on any atom is -0.452 e. The lowest BCUT2D eigenvalue weighted by Gasteiger charge is -2.55. The van der Waals surface area contributed by atoms with Gasteiger partial charge in [-0.05, 0) is 93.9 Å². The second-order valence-electron chi connectivity index (χ2n) is 11.8. The second kappa shape index (κ2) is 10.3. The van der Waals surface area contributed by atoms with Gasteiger partial charge < -0.3 is 15.0 Å². The van der Waals surface area contributed by atoms with Crippen LogP contribution in [0.4, 0.5) is 0 Å². The van der Waals surface area contributed by atoms with Crippen molar-refractivity contribution >= 4 is 17.8 Å². The molecular formula is C29H40N2O4. The van der Waals surface area contributed by atoms with Crippen molar-refractivity contribution in [2.75, 3.05) is 19.6 Å². The van der Waals surface area contributed by atoms with Gasteiger partial charge in [0.25, 0.3) is 5.91 Å². The predicted octanol–water partition coefficient (Wildman–Crippen LogP) is 4.12. The van der Waals surface area contributed by atoms with Gasteiger partial charge in [-0.3, -0.25) is 14.4 Å². The molecule has 0 spiro atoms. The molecule has 6 nitrogen and oxygen atoms in total. The van der Waals surface area contributed by atoms with Crippen LogP contribution in [0.3, 0.4) is 0 Å². The van der Waals surface area contributed by atoms with Crippen molar-refractivity contribution in [3.05, 3.63) is 35.9 Å². The zero-order chi connectivity index (χ0) is 24.4. The minimum absolute atomic E-state index is 0.106. The number of esters is 1. The lowest BCUT2D eigenvalue weighted by atomic mass is 9.49. The summed E-state index contributed by atoms with van der Waals surface area (Å²) in [6, 6.07) is 10.5. The van der Waals surface area contributed by atoms with E-state index >= 15 is 0 Å². The third kappa shape index (κ3) is 5.57. The van der Waals surface area contributed by atoms with Gasteiger partial charge >= 0.3 is 5.97 Å². The van der Waals surface area contributed by atoms with E-state index < -0.39 is 12.1 Å². The summed E-state index contributed by atoms with van der Waals surface area (Å²) in [5.41, 5.74) is 1.14. The standard InChI is InChI=1S/C29H40N2O4/c1-20(27(33)31-11-8-22(9-12-31)13-21-5-3-2-4-6-21)35-26(32)7-10-30-28(34)29-17-23-14-24(18-29)16-25(15-23)19-29/h2-6,20,22-25H,7-19H2,1H3,(H,30,34). The van der Waals surface area contributed by atoms with Crippen molar-refractivity contribution in [1.82, 2.24) is 10.2 Å². The topological polar surface area (TPSA) is 75.7 Å². The second-order valence-corrected chi connectivity index (χ2v) is 11.8. The molecule has 0 aromatic heterocycles. The van der Waals surface area contributed by atoms with Gasteiger partial charge in [-0.15, -0.1) is 0 Å². The molecule has 1 unspecified atom stereocenters. The molecule has 5 aliphatic rings. The number of carbonyl (C=O) groups is 3. The van der Waals surface area contributed by atoms with E-state index in [2.05, 4.69) is 29.6 Å². The summed E-state index contributed by atoms with van der Waals surface area (Å²) in [6.07, 6.45) is 9.26. The number of ether oxygens (including phenoxy) is 1. The lowest BCUT2D eigenvalue weighted by molar-refractivity contribution is -0.160. The van der Waals surface area contributed by atoms with Gasteiger partial charge in [0.15, 0.2) is 6.10 Å². The van der Waals surface area contributed by atoms with Crippen LogP contribution < -0.4 is 5.32 Å². The molecule has 6 rings (SSSR count). The highest BCUT2D eigenvalue weighted by Crippen LogP contribution is 2.60. The maximum absolute atomic E-state index is 13.0. The molecule has 1 aliphatic heterocycles. The van der Waals surface area contributed by atoms with Crippen LogP contribution in [-0.2, 0) is 25.5 Å². The number of amides is 2. The molecule has 1 aromatic rings. The van der Waals surface area contributed by atoms with Crippen LogP contribution in [0.5, 0.6) is 0 Å². The molecule has 4 saturated carbocycles. The molecule has 2 amide bonds. The fourth-order valence-electron chi connectivity index (χ4n) is 7.72. The van der Waals surface area contributed by atoms with Crippen LogP contribution >= 0.6 is 0 Å². The largest absolute Gasteiger partial charge is 0.452 e. The number of carbonyl (C=O) groups excluding carboxylic acids is 3. The summed E-state index contributed by atoms with van der Waals surface area (Å²) < 4.78 is 5.44. The lowest BCUT2D eigenvalue weighted by Crippen LogP contribution is -2.53. The van der Waals surface area contributed by atoms with E-state index in [0.29, 0.717) is 36.8 Å². The Labute approximate surface area is 209 Å². The quantitative estimate of drug-likeness (QED) is 0.568. The molecule has 4 aliphatic carbocycles. The number of likely N-dealkylation sites (tertiary alicyclic amines) is 1. The van der Waals surface area contributed by atoms with Crippen molar-refractivity contribution in [2.45, 2.75) is 77.2 Å². The number of hydrogen-bond acceptors (Lipinski definition) is 4. The van der Waals surface area contributed by atoms with Crippen molar-refractivity contribution < 1.29 is 19.1 Å². The molecule has 190 valence electrons. The van der Waals surface area contributed by atoms with E-state index in [4.69, 9.17) is 4.74 Å². The molecule has 4 bridgehead atoms. The summed E-state index contributed by atoms with van der Waals surface area (Å²) in [5, 5.41) is 3.03. The maximum atomic E-state index is 13.0. The number of benzene rings is 1. The summed E-state index contributed by atoms with van der Waals surface area (Å²) in [5.74, 6) is 2.32. The van der Waals surface area contributed by atoms with E-state index in [0.717, 1.165) is 38.5 Å². The van der Waals surface area contributed by atoms with E-state index in [9.17, 15) is 14.4 Å². The average molecular weight is 481 g/mol. The highest BCUT2D eigenvalue weighted by molar-refractivity contribution is 5.85. The van der Waals surface area contributed by atoms with Gasteiger partial charge in [0, 0.05) is 25.0 Å². The highest BCUT2D eigenvalue weighted by atomic mass is 16.5. The summed E-state index contributed by atoms with van der Waals surface area (Å²) >= 11 is 0. The first-order valence-corrected chi connectivity index (χ1v) is 13.7. The van der Waals surface area contributed by atoms with Gasteiger partial charge in [0.1, 0.15) is 0 Å². The first-order valence-electron chi connectivity index (χ1n) is 13.7. The predicted molar refractivity (Wildman–Crippen MR) is 133 cm³/mol. The van der Waals surface area contributed by atoms with Crippen LogP contribution in [0, 0.1) is 29.1 Å². The Morgan fingerprint density at radius 2 is 1.60 bits per heavy atom. The van der Waals surface area contributed by atoms with Crippen LogP contribution in [0.2, 0.25) is 0 Å². The molecule has 1 N–H and O–H groups in total. The Morgan fingerprint density at radius 1 is 1.00 bits per heavy atom. The van der Waals surface area contributed by atoms with Gasteiger partial charge in [-0.25, -0.2) is 0 Å². The van der Waals surface area contributed by atoms with Gasteiger partial charge in [-0.2, -0.15) is 0 Å². The van der Waals surface area contributed by atoms with Crippen LogP contribution in [-0.4, -0.2) is 48.4 Å². The highest BCUT2D eigenvalue weighted by Gasteiger charge is 2.54. The first-order chi connectivity index (χ1) is 16.9. The summed E-state index contributed by atoms with van der Waals surface area (Å²) in [4.78, 5) is 40.1. The van der Waals surface area contributed by atoms with Gasteiger partial charge in [0.05, 0.1) is 6.42 Å². The van der Waals surface area contributed by atoms with E-state index in [1.54, 1.807) is 6.92 Å². The van der Waals surface area contributed by atoms with Gasteiger partial charge in [-0.1, -0.05) is 30.3 Å². The fraction of sp³-hybridized carbons (Fsp3) is 0.690. The SMILES string of the molecule is CC(OC(=O)CCNC(=O)C12CC3CC(CC(C3)C1)C2)C(=O)N1CCC(Cc2ccccc2)CC1. The van der Waals surface area contributed by atoms with Crippen molar-refractivity contribution in [1.29, 1.82) is 0 Å². The summed E-state index contributed by atoms with van der Waals surface area (Å²) in [7, 11) is 0. The van der Waals surface area contributed by atoms with E-state index in [-0.39, 0.29) is 30.2 Å². The van der Waals surface area contributed by atoms with Gasteiger partial charge in [0.2, 0.25) is 5.91 Å². The number of hydrogen-bond donors (Lipinski definition) is 1.